The number of rotatable bonds is 8. The summed E-state index contributed by atoms with van der Waals surface area (Å²) in [6, 6.07) is 19.4. The summed E-state index contributed by atoms with van der Waals surface area (Å²) >= 11 is 2.23. The normalized spacial score (nSPS) is 10.6. The second-order valence-corrected chi connectivity index (χ2v) is 8.78. The van der Waals surface area contributed by atoms with Gasteiger partial charge in [0.15, 0.2) is 11.0 Å². The number of nitrogens with zero attached hydrogens (tertiary/aromatic N) is 4. The molecule has 0 saturated heterocycles. The number of hydrogen-bond donors (Lipinski definition) is 2. The van der Waals surface area contributed by atoms with Gasteiger partial charge in [-0.15, -0.1) is 22.0 Å². The molecule has 0 saturated carbocycles. The van der Waals surface area contributed by atoms with Gasteiger partial charge in [0.1, 0.15) is 5.82 Å². The summed E-state index contributed by atoms with van der Waals surface area (Å²) in [5.41, 5.74) is 6.33. The third-order valence-corrected chi connectivity index (χ3v) is 6.41. The van der Waals surface area contributed by atoms with Crippen LogP contribution in [0.4, 0.5) is 4.39 Å². The second-order valence-electron chi connectivity index (χ2n) is 6.82. The fourth-order valence-electron chi connectivity index (χ4n) is 2.90. The van der Waals surface area contributed by atoms with E-state index in [1.807, 2.05) is 47.0 Å². The van der Waals surface area contributed by atoms with Crippen LogP contribution in [-0.4, -0.2) is 43.1 Å². The molecular weight excluding hydrogens is 475 g/mol. The minimum Gasteiger partial charge on any atom is -0.272 e. The number of para-hydroxylation sites is 1. The highest BCUT2D eigenvalue weighted by atomic mass is 32.2. The standard InChI is InChI=1S/C23H19FN6O2S2/c24-18-10-4-5-11-19(18)33-14-20(31)26-27-21(32)15-34-23-29-28-22(16-7-6-12-25-13-16)30(23)17-8-2-1-3-9-17/h1-13H,14-15H2,(H,26,31)(H,27,32). The van der Waals surface area contributed by atoms with Gasteiger partial charge in [-0.2, -0.15) is 0 Å². The molecule has 0 atom stereocenters. The zero-order valence-electron chi connectivity index (χ0n) is 17.7. The molecule has 4 rings (SSSR count). The van der Waals surface area contributed by atoms with Crippen molar-refractivity contribution in [1.29, 1.82) is 0 Å². The van der Waals surface area contributed by atoms with Crippen molar-refractivity contribution in [3.63, 3.8) is 0 Å². The van der Waals surface area contributed by atoms with E-state index in [9.17, 15) is 14.0 Å². The molecule has 0 aliphatic rings. The maximum Gasteiger partial charge on any atom is 0.248 e. The van der Waals surface area contributed by atoms with Crippen molar-refractivity contribution < 1.29 is 14.0 Å². The van der Waals surface area contributed by atoms with Crippen molar-refractivity contribution in [3.05, 3.63) is 84.9 Å². The minimum absolute atomic E-state index is 0.00125. The smallest absolute Gasteiger partial charge is 0.248 e. The largest absolute Gasteiger partial charge is 0.272 e. The Kier molecular flexibility index (Phi) is 7.89. The number of hydrogen-bond acceptors (Lipinski definition) is 7. The predicted octanol–water partition coefficient (Wildman–Crippen LogP) is 3.50. The molecule has 4 aromatic rings. The third-order valence-electron chi connectivity index (χ3n) is 4.44. The Labute approximate surface area is 203 Å². The highest BCUT2D eigenvalue weighted by molar-refractivity contribution is 8.00. The molecule has 0 aliphatic carbocycles. The Bertz CT molecular complexity index is 1270. The van der Waals surface area contributed by atoms with Gasteiger partial charge in [0.25, 0.3) is 0 Å². The van der Waals surface area contributed by atoms with Crippen molar-refractivity contribution >= 4 is 35.3 Å². The second kappa shape index (κ2) is 11.4. The maximum atomic E-state index is 13.6. The van der Waals surface area contributed by atoms with Crippen LogP contribution in [0.2, 0.25) is 0 Å². The van der Waals surface area contributed by atoms with Crippen molar-refractivity contribution in [2.24, 2.45) is 0 Å². The first kappa shape index (κ1) is 23.5. The van der Waals surface area contributed by atoms with E-state index >= 15 is 0 Å². The highest BCUT2D eigenvalue weighted by Gasteiger charge is 2.17. The molecule has 0 radical (unpaired) electrons. The van der Waals surface area contributed by atoms with E-state index < -0.39 is 17.6 Å². The van der Waals surface area contributed by atoms with Gasteiger partial charge in [-0.1, -0.05) is 42.1 Å². The molecule has 0 bridgehead atoms. The molecule has 2 amide bonds. The van der Waals surface area contributed by atoms with Gasteiger partial charge < -0.3 is 0 Å². The third kappa shape index (κ3) is 6.00. The van der Waals surface area contributed by atoms with Gasteiger partial charge in [-0.3, -0.25) is 30.0 Å². The lowest BCUT2D eigenvalue weighted by molar-refractivity contribution is -0.126. The molecular formula is C23H19FN6O2S2. The van der Waals surface area contributed by atoms with E-state index in [-0.39, 0.29) is 11.5 Å². The molecule has 0 spiro atoms. The van der Waals surface area contributed by atoms with Gasteiger partial charge in [-0.05, 0) is 36.4 Å². The van der Waals surface area contributed by atoms with Crippen molar-refractivity contribution in [1.82, 2.24) is 30.6 Å². The molecule has 2 aromatic carbocycles. The molecule has 2 aromatic heterocycles. The van der Waals surface area contributed by atoms with Gasteiger partial charge >= 0.3 is 0 Å². The Morgan fingerprint density at radius 1 is 0.853 bits per heavy atom. The lowest BCUT2D eigenvalue weighted by Crippen LogP contribution is -2.43. The van der Waals surface area contributed by atoms with Crippen LogP contribution in [0.1, 0.15) is 0 Å². The van der Waals surface area contributed by atoms with Gasteiger partial charge in [0.2, 0.25) is 11.8 Å². The molecule has 0 unspecified atom stereocenters. The quantitative estimate of drug-likeness (QED) is 0.286. The summed E-state index contributed by atoms with van der Waals surface area (Å²) in [6.07, 6.45) is 3.37. The van der Waals surface area contributed by atoms with Gasteiger partial charge in [0, 0.05) is 28.5 Å². The topological polar surface area (TPSA) is 102 Å². The molecule has 172 valence electrons. The van der Waals surface area contributed by atoms with E-state index in [0.717, 1.165) is 23.0 Å². The lowest BCUT2D eigenvalue weighted by Gasteiger charge is -2.10. The Balaban J connectivity index is 1.36. The van der Waals surface area contributed by atoms with E-state index in [4.69, 9.17) is 0 Å². The van der Waals surface area contributed by atoms with E-state index in [1.165, 1.54) is 17.8 Å². The fraction of sp³-hybridized carbons (Fsp3) is 0.0870. The average Bonchev–Trinajstić information content (AvgIpc) is 3.31. The van der Waals surface area contributed by atoms with Gasteiger partial charge in [-0.25, -0.2) is 4.39 Å². The zero-order valence-corrected chi connectivity index (χ0v) is 19.4. The summed E-state index contributed by atoms with van der Waals surface area (Å²) in [7, 11) is 0. The first-order valence-corrected chi connectivity index (χ1v) is 12.1. The first-order chi connectivity index (χ1) is 16.6. The van der Waals surface area contributed by atoms with Crippen molar-refractivity contribution in [2.75, 3.05) is 11.5 Å². The van der Waals surface area contributed by atoms with Crippen LogP contribution >= 0.6 is 23.5 Å². The highest BCUT2D eigenvalue weighted by Crippen LogP contribution is 2.27. The number of carbonyl (C=O) groups excluding carboxylic acids is 2. The first-order valence-electron chi connectivity index (χ1n) is 10.1. The van der Waals surface area contributed by atoms with Crippen molar-refractivity contribution in [2.45, 2.75) is 10.1 Å². The Hall–Kier alpha value is -3.70. The lowest BCUT2D eigenvalue weighted by atomic mass is 10.2. The minimum atomic E-state index is -0.446. The van der Waals surface area contributed by atoms with Crippen LogP contribution in [-0.2, 0) is 9.59 Å². The molecule has 34 heavy (non-hydrogen) atoms. The molecule has 0 aliphatic heterocycles. The maximum absolute atomic E-state index is 13.6. The summed E-state index contributed by atoms with van der Waals surface area (Å²) < 4.78 is 15.5. The number of aromatic nitrogens is 4. The van der Waals surface area contributed by atoms with Crippen LogP contribution < -0.4 is 10.9 Å². The Morgan fingerprint density at radius 2 is 1.56 bits per heavy atom. The number of thioether (sulfide) groups is 2. The molecule has 11 heteroatoms. The number of amides is 2. The van der Waals surface area contributed by atoms with E-state index in [2.05, 4.69) is 26.0 Å². The number of benzene rings is 2. The van der Waals surface area contributed by atoms with Crippen LogP contribution in [0.25, 0.3) is 17.1 Å². The number of carbonyl (C=O) groups is 2. The summed E-state index contributed by atoms with van der Waals surface area (Å²) in [5.74, 6) is -0.698. The SMILES string of the molecule is O=C(CSc1ccccc1F)NNC(=O)CSc1nnc(-c2cccnc2)n1-c1ccccc1. The summed E-state index contributed by atoms with van der Waals surface area (Å²) in [4.78, 5) is 28.8. The van der Waals surface area contributed by atoms with E-state index in [1.54, 1.807) is 30.6 Å². The summed E-state index contributed by atoms with van der Waals surface area (Å²) in [6.45, 7) is 0. The number of halogens is 1. The monoisotopic (exact) mass is 494 g/mol. The molecule has 0 fully saturated rings. The van der Waals surface area contributed by atoms with Crippen LogP contribution in [0, 0.1) is 5.82 Å². The van der Waals surface area contributed by atoms with E-state index in [0.29, 0.717) is 15.9 Å². The summed E-state index contributed by atoms with van der Waals surface area (Å²) in [5, 5.41) is 9.06. The van der Waals surface area contributed by atoms with Crippen LogP contribution in [0.15, 0.2) is 89.2 Å². The average molecular weight is 495 g/mol. The zero-order chi connectivity index (χ0) is 23.8. The molecule has 2 heterocycles. The van der Waals surface area contributed by atoms with Crippen LogP contribution in [0.5, 0.6) is 0 Å². The Morgan fingerprint density at radius 3 is 2.26 bits per heavy atom. The van der Waals surface area contributed by atoms with Gasteiger partial charge in [0.05, 0.1) is 11.5 Å². The predicted molar refractivity (Wildman–Crippen MR) is 129 cm³/mol. The fourth-order valence-corrected chi connectivity index (χ4v) is 4.39. The van der Waals surface area contributed by atoms with Crippen molar-refractivity contribution in [3.8, 4) is 17.1 Å². The number of pyridine rings is 1. The molecule has 2 N–H and O–H groups in total. The number of hydrazine groups is 1. The number of nitrogens with one attached hydrogen (secondary N) is 2. The molecule has 8 nitrogen and oxygen atoms in total. The van der Waals surface area contributed by atoms with Crippen LogP contribution in [0.3, 0.4) is 0 Å².